The molecular weight excluding hydrogens is 304 g/mol. The fourth-order valence-corrected chi connectivity index (χ4v) is 3.62. The highest BCUT2D eigenvalue weighted by Gasteiger charge is 2.43. The van der Waals surface area contributed by atoms with Gasteiger partial charge in [0.25, 0.3) is 5.91 Å². The lowest BCUT2D eigenvalue weighted by Crippen LogP contribution is -2.44. The number of hydrogen-bond acceptors (Lipinski definition) is 5. The molecule has 124 valence electrons. The maximum Gasteiger partial charge on any atom is 0.258 e. The summed E-state index contributed by atoms with van der Waals surface area (Å²) in [5, 5.41) is 4.15. The normalized spacial score (nSPS) is 25.9. The summed E-state index contributed by atoms with van der Waals surface area (Å²) in [4.78, 5) is 12.5. The van der Waals surface area contributed by atoms with Gasteiger partial charge >= 0.3 is 0 Å². The van der Waals surface area contributed by atoms with Gasteiger partial charge in [-0.15, -0.1) is 0 Å². The third-order valence-electron chi connectivity index (χ3n) is 4.88. The molecule has 3 unspecified atom stereocenters. The highest BCUT2D eigenvalue weighted by atomic mass is 16.3. The van der Waals surface area contributed by atoms with Crippen molar-refractivity contribution in [3.05, 3.63) is 59.5 Å². The highest BCUT2D eigenvalue weighted by molar-refractivity contribution is 5.97. The second kappa shape index (κ2) is 6.22. The molecule has 1 amide bonds. The lowest BCUT2D eigenvalue weighted by Gasteiger charge is -2.29. The van der Waals surface area contributed by atoms with Gasteiger partial charge < -0.3 is 4.42 Å². The molecule has 1 saturated heterocycles. The molecule has 1 aromatic carbocycles. The van der Waals surface area contributed by atoms with Crippen LogP contribution in [0.15, 0.2) is 52.2 Å². The Bertz CT molecular complexity index is 769. The first kappa shape index (κ1) is 15.1. The van der Waals surface area contributed by atoms with E-state index in [1.54, 1.807) is 19.3 Å². The van der Waals surface area contributed by atoms with Gasteiger partial charge in [0.1, 0.15) is 17.5 Å². The quantitative estimate of drug-likeness (QED) is 0.595. The fourth-order valence-electron chi connectivity index (χ4n) is 3.62. The van der Waals surface area contributed by atoms with Gasteiger partial charge in [-0.25, -0.2) is 16.3 Å². The van der Waals surface area contributed by atoms with Crippen LogP contribution in [0.5, 0.6) is 0 Å². The predicted molar refractivity (Wildman–Crippen MR) is 90.1 cm³/mol. The second-order valence-corrected chi connectivity index (χ2v) is 6.30. The minimum absolute atomic E-state index is 0.125. The standard InChI is InChI=1S/C18H20N4O2/c1-11(15-7-4-10-24-15)19-22-18(23)17-14-9-8-12-5-2-3-6-13(12)16(14)20-21-17/h2-7,10,14,16-17,20-21H,8-9H2,1H3,(H,22,23)/b19-11+. The molecule has 1 aliphatic carbocycles. The second-order valence-electron chi connectivity index (χ2n) is 6.30. The smallest absolute Gasteiger partial charge is 0.258 e. The monoisotopic (exact) mass is 324 g/mol. The van der Waals surface area contributed by atoms with Crippen LogP contribution in [-0.2, 0) is 11.2 Å². The van der Waals surface area contributed by atoms with Crippen molar-refractivity contribution in [1.82, 2.24) is 16.3 Å². The third kappa shape index (κ3) is 2.64. The van der Waals surface area contributed by atoms with Crippen LogP contribution in [0.3, 0.4) is 0 Å². The molecule has 3 N–H and O–H groups in total. The molecule has 24 heavy (non-hydrogen) atoms. The summed E-state index contributed by atoms with van der Waals surface area (Å²) >= 11 is 0. The largest absolute Gasteiger partial charge is 0.463 e. The van der Waals surface area contributed by atoms with Crippen molar-refractivity contribution in [2.75, 3.05) is 0 Å². The van der Waals surface area contributed by atoms with Crippen LogP contribution < -0.4 is 16.3 Å². The first-order chi connectivity index (χ1) is 11.7. The molecule has 1 fully saturated rings. The number of furan rings is 1. The van der Waals surface area contributed by atoms with E-state index in [-0.39, 0.29) is 23.9 Å². The van der Waals surface area contributed by atoms with Crippen molar-refractivity contribution in [3.63, 3.8) is 0 Å². The van der Waals surface area contributed by atoms with Gasteiger partial charge in [0, 0.05) is 5.92 Å². The third-order valence-corrected chi connectivity index (χ3v) is 4.88. The molecule has 3 atom stereocenters. The molecule has 4 rings (SSSR count). The van der Waals surface area contributed by atoms with Crippen LogP contribution >= 0.6 is 0 Å². The Hall–Kier alpha value is -2.44. The van der Waals surface area contributed by atoms with E-state index in [4.69, 9.17) is 4.42 Å². The molecule has 0 saturated carbocycles. The van der Waals surface area contributed by atoms with Gasteiger partial charge in [0.05, 0.1) is 12.3 Å². The average molecular weight is 324 g/mol. The van der Waals surface area contributed by atoms with Crippen molar-refractivity contribution >= 4 is 11.6 Å². The SMILES string of the molecule is C/C(=N\NC(=O)C1NNC2c3ccccc3CCC12)c1ccco1. The number of carbonyl (C=O) groups excluding carboxylic acids is 1. The van der Waals surface area contributed by atoms with E-state index in [0.29, 0.717) is 11.5 Å². The number of hydrazine groups is 1. The molecule has 6 nitrogen and oxygen atoms in total. The number of hydrogen-bond donors (Lipinski definition) is 3. The Morgan fingerprint density at radius 3 is 2.96 bits per heavy atom. The average Bonchev–Trinajstić information content (AvgIpc) is 3.28. The fraction of sp³-hybridized carbons (Fsp3) is 0.333. The Morgan fingerprint density at radius 2 is 2.12 bits per heavy atom. The highest BCUT2D eigenvalue weighted by Crippen LogP contribution is 2.38. The van der Waals surface area contributed by atoms with Crippen LogP contribution in [0.2, 0.25) is 0 Å². The zero-order chi connectivity index (χ0) is 16.5. The summed E-state index contributed by atoms with van der Waals surface area (Å²) < 4.78 is 5.27. The molecule has 0 bridgehead atoms. The van der Waals surface area contributed by atoms with Crippen LogP contribution in [0.4, 0.5) is 0 Å². The summed E-state index contributed by atoms with van der Waals surface area (Å²) in [6.07, 6.45) is 3.56. The number of nitrogens with one attached hydrogen (secondary N) is 3. The predicted octanol–water partition coefficient (Wildman–Crippen LogP) is 1.90. The van der Waals surface area contributed by atoms with Crippen molar-refractivity contribution in [3.8, 4) is 0 Å². The minimum atomic E-state index is -0.295. The van der Waals surface area contributed by atoms with Gasteiger partial charge in [-0.05, 0) is 43.0 Å². The van der Waals surface area contributed by atoms with Gasteiger partial charge in [0.2, 0.25) is 0 Å². The zero-order valence-corrected chi connectivity index (χ0v) is 13.5. The summed E-state index contributed by atoms with van der Waals surface area (Å²) in [6, 6.07) is 11.9. The zero-order valence-electron chi connectivity index (χ0n) is 13.5. The lowest BCUT2D eigenvalue weighted by atomic mass is 9.77. The number of carbonyl (C=O) groups is 1. The Labute approximate surface area is 140 Å². The van der Waals surface area contributed by atoms with E-state index in [1.807, 2.05) is 12.1 Å². The number of aryl methyl sites for hydroxylation is 1. The van der Waals surface area contributed by atoms with Gasteiger partial charge in [-0.3, -0.25) is 4.79 Å². The molecular formula is C18H20N4O2. The van der Waals surface area contributed by atoms with Crippen LogP contribution in [0, 0.1) is 5.92 Å². The molecule has 2 aliphatic rings. The Morgan fingerprint density at radius 1 is 1.25 bits per heavy atom. The van der Waals surface area contributed by atoms with Crippen molar-refractivity contribution in [2.24, 2.45) is 11.0 Å². The number of fused-ring (bicyclic) bond motifs is 3. The summed E-state index contributed by atoms with van der Waals surface area (Å²) in [6.45, 7) is 1.80. The minimum Gasteiger partial charge on any atom is -0.463 e. The van der Waals surface area contributed by atoms with Gasteiger partial charge in [-0.2, -0.15) is 5.10 Å². The van der Waals surface area contributed by atoms with E-state index >= 15 is 0 Å². The molecule has 2 aromatic rings. The van der Waals surface area contributed by atoms with Crippen LogP contribution in [0.1, 0.15) is 36.3 Å². The number of benzene rings is 1. The Balaban J connectivity index is 1.46. The maximum absolute atomic E-state index is 12.5. The Kier molecular flexibility index (Phi) is 3.92. The van der Waals surface area contributed by atoms with Crippen molar-refractivity contribution in [1.29, 1.82) is 0 Å². The van der Waals surface area contributed by atoms with E-state index in [2.05, 4.69) is 39.6 Å². The number of nitrogens with zero attached hydrogens (tertiary/aromatic N) is 1. The topological polar surface area (TPSA) is 78.7 Å². The molecule has 0 radical (unpaired) electrons. The van der Waals surface area contributed by atoms with Crippen molar-refractivity contribution in [2.45, 2.75) is 31.8 Å². The van der Waals surface area contributed by atoms with Gasteiger partial charge in [0.15, 0.2) is 0 Å². The molecule has 0 spiro atoms. The van der Waals surface area contributed by atoms with E-state index in [9.17, 15) is 4.79 Å². The summed E-state index contributed by atoms with van der Waals surface area (Å²) in [5.41, 5.74) is 12.4. The first-order valence-electron chi connectivity index (χ1n) is 8.21. The van der Waals surface area contributed by atoms with E-state index < -0.39 is 0 Å². The summed E-state index contributed by atoms with van der Waals surface area (Å²) in [7, 11) is 0. The number of hydrazone groups is 1. The van der Waals surface area contributed by atoms with E-state index in [1.165, 1.54) is 11.1 Å². The molecule has 6 heteroatoms. The van der Waals surface area contributed by atoms with E-state index in [0.717, 1.165) is 12.8 Å². The summed E-state index contributed by atoms with van der Waals surface area (Å²) in [5.74, 6) is 0.747. The first-order valence-corrected chi connectivity index (χ1v) is 8.21. The van der Waals surface area contributed by atoms with Crippen LogP contribution in [-0.4, -0.2) is 17.7 Å². The molecule has 1 aromatic heterocycles. The maximum atomic E-state index is 12.5. The molecule has 1 aliphatic heterocycles. The molecule has 2 heterocycles. The number of rotatable bonds is 3. The van der Waals surface area contributed by atoms with Crippen molar-refractivity contribution < 1.29 is 9.21 Å². The number of amides is 1. The lowest BCUT2D eigenvalue weighted by molar-refractivity contribution is -0.123. The van der Waals surface area contributed by atoms with Gasteiger partial charge in [-0.1, -0.05) is 24.3 Å². The van der Waals surface area contributed by atoms with Crippen LogP contribution in [0.25, 0.3) is 0 Å².